The molecule has 2 aromatic carbocycles. The average molecular weight is 515 g/mol. The normalized spacial score (nSPS) is 13.6. The summed E-state index contributed by atoms with van der Waals surface area (Å²) >= 11 is 0. The Balaban J connectivity index is 2.23. The number of hydrogen-bond donors (Lipinski definition) is 0. The fourth-order valence-corrected chi connectivity index (χ4v) is 4.73. The van der Waals surface area contributed by atoms with E-state index in [0.29, 0.717) is 5.56 Å². The molecule has 0 fully saturated rings. The predicted octanol–water partition coefficient (Wildman–Crippen LogP) is 2.28. The van der Waals surface area contributed by atoms with Gasteiger partial charge in [0.2, 0.25) is 0 Å². The summed E-state index contributed by atoms with van der Waals surface area (Å²) in [5, 5.41) is 0. The quantitative estimate of drug-likeness (QED) is 0.324. The molecule has 2 rings (SSSR count). The largest absolute Gasteiger partial charge is 0.456 e. The Labute approximate surface area is 199 Å². The van der Waals surface area contributed by atoms with E-state index in [-0.39, 0.29) is 9.79 Å². The summed E-state index contributed by atoms with van der Waals surface area (Å²) in [4.78, 5) is 23.0. The van der Waals surface area contributed by atoms with Crippen molar-refractivity contribution >= 4 is 32.2 Å². The number of aryl methyl sites for hydroxylation is 2. The van der Waals surface area contributed by atoms with Crippen LogP contribution < -0.4 is 0 Å². The number of ether oxygens (including phenoxy) is 2. The molecule has 0 bridgehead atoms. The van der Waals surface area contributed by atoms with Crippen LogP contribution in [0.1, 0.15) is 25.0 Å². The minimum absolute atomic E-state index is 0.128. The van der Waals surface area contributed by atoms with Gasteiger partial charge in [0, 0.05) is 13.8 Å². The first-order valence-electron chi connectivity index (χ1n) is 10.1. The highest BCUT2D eigenvalue weighted by molar-refractivity contribution is 7.87. The van der Waals surface area contributed by atoms with Gasteiger partial charge in [-0.3, -0.25) is 18.0 Å². The number of hydrogen-bond acceptors (Lipinski definition) is 10. The maximum atomic E-state index is 12.6. The molecule has 186 valence electrons. The van der Waals surface area contributed by atoms with Gasteiger partial charge in [0.05, 0.1) is 9.79 Å². The van der Waals surface area contributed by atoms with Gasteiger partial charge in [-0.15, -0.1) is 0 Å². The van der Waals surface area contributed by atoms with Gasteiger partial charge in [-0.2, -0.15) is 16.8 Å². The van der Waals surface area contributed by atoms with E-state index < -0.39 is 57.6 Å². The molecule has 0 amide bonds. The van der Waals surface area contributed by atoms with E-state index in [9.17, 15) is 26.4 Å². The fourth-order valence-electron chi connectivity index (χ4n) is 2.79. The SMILES string of the molecule is CC(=O)OC(COS(=O)(=O)c1ccc(C)cc1)C(COS(=O)(=O)c1cccc(C)c1)OC(C)=O. The Morgan fingerprint density at radius 2 is 1.18 bits per heavy atom. The molecule has 0 N–H and O–H groups in total. The smallest absolute Gasteiger partial charge is 0.303 e. The molecular weight excluding hydrogens is 488 g/mol. The van der Waals surface area contributed by atoms with Crippen LogP contribution in [0.2, 0.25) is 0 Å². The van der Waals surface area contributed by atoms with Crippen molar-refractivity contribution in [3.05, 3.63) is 59.7 Å². The van der Waals surface area contributed by atoms with Gasteiger partial charge in [-0.05, 0) is 43.7 Å². The highest BCUT2D eigenvalue weighted by Gasteiger charge is 2.32. The zero-order valence-electron chi connectivity index (χ0n) is 19.1. The lowest BCUT2D eigenvalue weighted by molar-refractivity contribution is -0.169. The van der Waals surface area contributed by atoms with Crippen molar-refractivity contribution in [3.63, 3.8) is 0 Å². The lowest BCUT2D eigenvalue weighted by Crippen LogP contribution is -2.42. The van der Waals surface area contributed by atoms with Crippen molar-refractivity contribution in [2.24, 2.45) is 0 Å². The predicted molar refractivity (Wildman–Crippen MR) is 120 cm³/mol. The summed E-state index contributed by atoms with van der Waals surface area (Å²) in [6, 6.07) is 11.8. The number of esters is 2. The first-order chi connectivity index (χ1) is 15.8. The Bertz CT molecular complexity index is 1220. The van der Waals surface area contributed by atoms with E-state index in [1.54, 1.807) is 32.0 Å². The third-order valence-electron chi connectivity index (χ3n) is 4.41. The highest BCUT2D eigenvalue weighted by Crippen LogP contribution is 2.18. The van der Waals surface area contributed by atoms with Crippen LogP contribution in [0.15, 0.2) is 58.3 Å². The van der Waals surface area contributed by atoms with E-state index in [0.717, 1.165) is 19.4 Å². The molecule has 2 unspecified atom stereocenters. The van der Waals surface area contributed by atoms with Gasteiger partial charge in [-0.1, -0.05) is 29.8 Å². The van der Waals surface area contributed by atoms with Crippen LogP contribution >= 0.6 is 0 Å². The van der Waals surface area contributed by atoms with Crippen LogP contribution in [0.4, 0.5) is 0 Å². The van der Waals surface area contributed by atoms with Crippen molar-refractivity contribution in [1.82, 2.24) is 0 Å². The summed E-state index contributed by atoms with van der Waals surface area (Å²) < 4.78 is 70.3. The summed E-state index contributed by atoms with van der Waals surface area (Å²) in [5.74, 6) is -1.67. The second-order valence-electron chi connectivity index (χ2n) is 7.40. The molecule has 0 aliphatic rings. The summed E-state index contributed by atoms with van der Waals surface area (Å²) in [6.45, 7) is 4.09. The second-order valence-corrected chi connectivity index (χ2v) is 10.6. The van der Waals surface area contributed by atoms with Crippen LogP contribution in [0.5, 0.6) is 0 Å². The third kappa shape index (κ3) is 8.20. The monoisotopic (exact) mass is 514 g/mol. The standard InChI is InChI=1S/C22H26O10S2/c1-15-8-10-19(11-9-15)33(25,26)29-13-21(31-17(3)23)22(32-18(4)24)14-30-34(27,28)20-7-5-6-16(2)12-20/h5-12,21-22H,13-14H2,1-4H3. The Morgan fingerprint density at radius 1 is 0.706 bits per heavy atom. The van der Waals surface area contributed by atoms with Gasteiger partial charge >= 0.3 is 11.9 Å². The summed E-state index contributed by atoms with van der Waals surface area (Å²) in [5.41, 5.74) is 1.51. The Morgan fingerprint density at radius 3 is 1.62 bits per heavy atom. The summed E-state index contributed by atoms with van der Waals surface area (Å²) in [6.07, 6.45) is -2.96. The molecular formula is C22H26O10S2. The van der Waals surface area contributed by atoms with Crippen LogP contribution in [-0.4, -0.2) is 54.2 Å². The van der Waals surface area contributed by atoms with Gasteiger partial charge in [0.1, 0.15) is 13.2 Å². The fraction of sp³-hybridized carbons (Fsp3) is 0.364. The van der Waals surface area contributed by atoms with E-state index in [2.05, 4.69) is 0 Å². The number of carbonyl (C=O) groups is 2. The number of carbonyl (C=O) groups excluding carboxylic acids is 2. The van der Waals surface area contributed by atoms with Gasteiger partial charge in [-0.25, -0.2) is 0 Å². The minimum atomic E-state index is -4.26. The minimum Gasteiger partial charge on any atom is -0.456 e. The molecule has 0 saturated carbocycles. The summed E-state index contributed by atoms with van der Waals surface area (Å²) in [7, 11) is -8.51. The highest BCUT2D eigenvalue weighted by atomic mass is 32.2. The lowest BCUT2D eigenvalue weighted by Gasteiger charge is -2.25. The van der Waals surface area contributed by atoms with Crippen LogP contribution in [0, 0.1) is 13.8 Å². The topological polar surface area (TPSA) is 139 Å². The lowest BCUT2D eigenvalue weighted by atomic mass is 10.2. The van der Waals surface area contributed by atoms with E-state index in [4.69, 9.17) is 17.8 Å². The van der Waals surface area contributed by atoms with E-state index in [1.165, 1.54) is 30.3 Å². The number of benzene rings is 2. The Hall–Kier alpha value is -2.80. The zero-order chi connectivity index (χ0) is 25.5. The molecule has 0 aliphatic carbocycles. The second kappa shape index (κ2) is 11.6. The maximum Gasteiger partial charge on any atom is 0.303 e. The molecule has 0 radical (unpaired) electrons. The molecule has 2 atom stereocenters. The molecule has 10 nitrogen and oxygen atoms in total. The molecule has 34 heavy (non-hydrogen) atoms. The van der Waals surface area contributed by atoms with Crippen molar-refractivity contribution < 1.29 is 44.3 Å². The van der Waals surface area contributed by atoms with E-state index >= 15 is 0 Å². The molecule has 0 aromatic heterocycles. The van der Waals surface area contributed by atoms with Crippen LogP contribution in [0.25, 0.3) is 0 Å². The van der Waals surface area contributed by atoms with E-state index in [1.807, 2.05) is 0 Å². The Kier molecular flexibility index (Phi) is 9.33. The average Bonchev–Trinajstić information content (AvgIpc) is 2.74. The van der Waals surface area contributed by atoms with Crippen LogP contribution in [0.3, 0.4) is 0 Å². The van der Waals surface area contributed by atoms with Crippen molar-refractivity contribution in [2.45, 2.75) is 49.7 Å². The van der Waals surface area contributed by atoms with Crippen molar-refractivity contribution in [1.29, 1.82) is 0 Å². The molecule has 0 spiro atoms. The molecule has 0 aliphatic heterocycles. The van der Waals surface area contributed by atoms with Gasteiger partial charge in [0.25, 0.3) is 20.2 Å². The van der Waals surface area contributed by atoms with Gasteiger partial charge < -0.3 is 9.47 Å². The molecule has 0 saturated heterocycles. The van der Waals surface area contributed by atoms with Crippen molar-refractivity contribution in [2.75, 3.05) is 13.2 Å². The number of rotatable bonds is 11. The van der Waals surface area contributed by atoms with Gasteiger partial charge in [0.15, 0.2) is 12.2 Å². The molecule has 0 heterocycles. The zero-order valence-corrected chi connectivity index (χ0v) is 20.7. The first-order valence-corrected chi connectivity index (χ1v) is 12.9. The molecule has 2 aromatic rings. The maximum absolute atomic E-state index is 12.6. The van der Waals surface area contributed by atoms with Crippen molar-refractivity contribution in [3.8, 4) is 0 Å². The van der Waals surface area contributed by atoms with Crippen LogP contribution in [-0.2, 0) is 47.7 Å². The third-order valence-corrected chi connectivity index (χ3v) is 6.99. The first kappa shape index (κ1) is 27.4. The molecule has 12 heteroatoms.